The van der Waals surface area contributed by atoms with Gasteiger partial charge in [0.15, 0.2) is 0 Å². The van der Waals surface area contributed by atoms with E-state index in [0.717, 1.165) is 0 Å². The fourth-order valence-electron chi connectivity index (χ4n) is 2.78. The summed E-state index contributed by atoms with van der Waals surface area (Å²) in [5.41, 5.74) is 1.18. The van der Waals surface area contributed by atoms with E-state index in [9.17, 15) is 19.7 Å². The molecule has 2 N–H and O–H groups in total. The van der Waals surface area contributed by atoms with Crippen LogP contribution in [-0.2, 0) is 9.53 Å². The minimum atomic E-state index is -0.683. The van der Waals surface area contributed by atoms with Crippen molar-refractivity contribution in [3.05, 3.63) is 62.7 Å². The summed E-state index contributed by atoms with van der Waals surface area (Å²) in [5.74, 6) is -0.555. The molecule has 0 bridgehead atoms. The molecule has 1 aromatic carbocycles. The number of nitrogens with one attached hydrogen (secondary N) is 2. The summed E-state index contributed by atoms with van der Waals surface area (Å²) >= 11 is 1.27. The van der Waals surface area contributed by atoms with E-state index in [1.165, 1.54) is 24.5 Å². The molecule has 0 unspecified atom stereocenters. The predicted octanol–water partition coefficient (Wildman–Crippen LogP) is 3.12. The molecule has 1 aromatic heterocycles. The van der Waals surface area contributed by atoms with Gasteiger partial charge in [-0.1, -0.05) is 12.1 Å². The number of para-hydroxylation sites is 1. The number of nitro groups is 1. The van der Waals surface area contributed by atoms with Crippen molar-refractivity contribution in [2.24, 2.45) is 0 Å². The van der Waals surface area contributed by atoms with Crippen molar-refractivity contribution in [2.75, 3.05) is 7.11 Å². The van der Waals surface area contributed by atoms with Crippen LogP contribution in [0, 0.1) is 10.1 Å². The predicted molar refractivity (Wildman–Crippen MR) is 95.5 cm³/mol. The molecule has 2 heterocycles. The average molecular weight is 373 g/mol. The maximum Gasteiger partial charge on any atom is 0.338 e. The first kappa shape index (κ1) is 17.6. The second kappa shape index (κ2) is 6.96. The molecule has 1 aliphatic heterocycles. The molecule has 1 aliphatic rings. The molecule has 26 heavy (non-hydrogen) atoms. The highest BCUT2D eigenvalue weighted by Gasteiger charge is 2.33. The van der Waals surface area contributed by atoms with E-state index >= 15 is 0 Å². The number of methoxy groups -OCH3 is 1. The SMILES string of the molecule is COC(=O)C1=C(C)NC(=O)N[C@H]1c1ccc(-c2ccccc2[N+](=O)[O-])s1. The Kier molecular flexibility index (Phi) is 4.72. The van der Waals surface area contributed by atoms with E-state index in [-0.39, 0.29) is 5.69 Å². The van der Waals surface area contributed by atoms with Crippen molar-refractivity contribution < 1.29 is 19.2 Å². The minimum absolute atomic E-state index is 0.00448. The number of rotatable bonds is 4. The highest BCUT2D eigenvalue weighted by molar-refractivity contribution is 7.15. The van der Waals surface area contributed by atoms with Gasteiger partial charge >= 0.3 is 12.0 Å². The van der Waals surface area contributed by atoms with Crippen LogP contribution >= 0.6 is 11.3 Å². The third-order valence-corrected chi connectivity index (χ3v) is 5.14. The molecule has 1 atom stereocenters. The highest BCUT2D eigenvalue weighted by atomic mass is 32.1. The quantitative estimate of drug-likeness (QED) is 0.486. The summed E-state index contributed by atoms with van der Waals surface area (Å²) in [6.07, 6.45) is 0. The van der Waals surface area contributed by atoms with Crippen LogP contribution in [0.4, 0.5) is 10.5 Å². The number of amides is 2. The van der Waals surface area contributed by atoms with Gasteiger partial charge in [-0.15, -0.1) is 11.3 Å². The molecular formula is C17H15N3O5S. The first-order valence-electron chi connectivity index (χ1n) is 7.62. The minimum Gasteiger partial charge on any atom is -0.466 e. The van der Waals surface area contributed by atoms with E-state index in [1.807, 2.05) is 0 Å². The summed E-state index contributed by atoms with van der Waals surface area (Å²) in [6.45, 7) is 1.62. The lowest BCUT2D eigenvalue weighted by Gasteiger charge is -2.26. The standard InChI is InChI=1S/C17H15N3O5S/c1-9-14(16(21)25-2)15(19-17(22)18-9)13-8-7-12(26-13)10-5-3-4-6-11(10)20(23)24/h3-8,15H,1-2H3,(H2,18,19,22)/t15-/m0/s1. The molecule has 8 nitrogen and oxygen atoms in total. The van der Waals surface area contributed by atoms with E-state index in [2.05, 4.69) is 10.6 Å². The number of esters is 1. The number of thiophene rings is 1. The molecular weight excluding hydrogens is 358 g/mol. The second-order valence-electron chi connectivity index (χ2n) is 5.54. The van der Waals surface area contributed by atoms with Crippen molar-refractivity contribution >= 4 is 29.0 Å². The zero-order valence-electron chi connectivity index (χ0n) is 13.9. The Hall–Kier alpha value is -3.20. The molecule has 0 aliphatic carbocycles. The smallest absolute Gasteiger partial charge is 0.338 e. The maximum absolute atomic E-state index is 12.1. The summed E-state index contributed by atoms with van der Waals surface area (Å²) in [7, 11) is 1.27. The Labute approximate surface area is 152 Å². The van der Waals surface area contributed by atoms with Gasteiger partial charge in [0.2, 0.25) is 0 Å². The van der Waals surface area contributed by atoms with Crippen molar-refractivity contribution in [1.29, 1.82) is 0 Å². The lowest BCUT2D eigenvalue weighted by atomic mass is 10.0. The Morgan fingerprint density at radius 2 is 2.00 bits per heavy atom. The summed E-state index contributed by atoms with van der Waals surface area (Å²) in [5, 5.41) is 16.5. The zero-order chi connectivity index (χ0) is 18.8. The van der Waals surface area contributed by atoms with Crippen molar-refractivity contribution in [3.8, 4) is 10.4 Å². The van der Waals surface area contributed by atoms with Crippen LogP contribution in [0.2, 0.25) is 0 Å². The molecule has 2 aromatic rings. The van der Waals surface area contributed by atoms with Crippen LogP contribution < -0.4 is 10.6 Å². The maximum atomic E-state index is 12.1. The number of urea groups is 1. The zero-order valence-corrected chi connectivity index (χ0v) is 14.8. The van der Waals surface area contributed by atoms with Gasteiger partial charge in [-0.2, -0.15) is 0 Å². The number of allylic oxidation sites excluding steroid dienone is 1. The first-order valence-corrected chi connectivity index (χ1v) is 8.44. The number of hydrogen-bond acceptors (Lipinski definition) is 6. The van der Waals surface area contributed by atoms with Gasteiger partial charge in [-0.3, -0.25) is 10.1 Å². The van der Waals surface area contributed by atoms with Crippen LogP contribution in [0.1, 0.15) is 17.8 Å². The average Bonchev–Trinajstić information content (AvgIpc) is 3.10. The molecule has 0 fully saturated rings. The largest absolute Gasteiger partial charge is 0.466 e. The monoisotopic (exact) mass is 373 g/mol. The number of benzene rings is 1. The number of hydrogen-bond donors (Lipinski definition) is 2. The van der Waals surface area contributed by atoms with Crippen LogP contribution in [-0.4, -0.2) is 24.0 Å². The van der Waals surface area contributed by atoms with E-state index < -0.39 is 23.0 Å². The number of nitrogens with zero attached hydrogens (tertiary/aromatic N) is 1. The Morgan fingerprint density at radius 3 is 2.69 bits per heavy atom. The molecule has 2 amide bonds. The number of carbonyl (C=O) groups is 2. The summed E-state index contributed by atoms with van der Waals surface area (Å²) in [4.78, 5) is 36.1. The Balaban J connectivity index is 2.04. The van der Waals surface area contributed by atoms with E-state index in [0.29, 0.717) is 26.6 Å². The van der Waals surface area contributed by atoms with Crippen LogP contribution in [0.15, 0.2) is 47.7 Å². The van der Waals surface area contributed by atoms with Crippen molar-refractivity contribution in [2.45, 2.75) is 13.0 Å². The molecule has 134 valence electrons. The fourth-order valence-corrected chi connectivity index (χ4v) is 3.89. The van der Waals surface area contributed by atoms with Crippen LogP contribution in [0.25, 0.3) is 10.4 Å². The molecule has 0 radical (unpaired) electrons. The van der Waals surface area contributed by atoms with Gasteiger partial charge < -0.3 is 15.4 Å². The Bertz CT molecular complexity index is 934. The first-order chi connectivity index (χ1) is 12.4. The lowest BCUT2D eigenvalue weighted by Crippen LogP contribution is -2.45. The third-order valence-electron chi connectivity index (χ3n) is 3.95. The second-order valence-corrected chi connectivity index (χ2v) is 6.65. The number of nitro benzene ring substituents is 1. The molecule has 9 heteroatoms. The molecule has 0 saturated heterocycles. The van der Waals surface area contributed by atoms with Crippen molar-refractivity contribution in [3.63, 3.8) is 0 Å². The third kappa shape index (κ3) is 3.16. The van der Waals surface area contributed by atoms with Gasteiger partial charge in [0, 0.05) is 21.5 Å². The van der Waals surface area contributed by atoms with Gasteiger partial charge in [0.05, 0.1) is 29.2 Å². The van der Waals surface area contributed by atoms with E-state index in [4.69, 9.17) is 4.74 Å². The lowest BCUT2D eigenvalue weighted by molar-refractivity contribution is -0.384. The molecule has 0 saturated carbocycles. The highest BCUT2D eigenvalue weighted by Crippen LogP contribution is 2.39. The van der Waals surface area contributed by atoms with Crippen LogP contribution in [0.5, 0.6) is 0 Å². The van der Waals surface area contributed by atoms with E-state index in [1.54, 1.807) is 37.3 Å². The topological polar surface area (TPSA) is 111 Å². The Morgan fingerprint density at radius 1 is 1.27 bits per heavy atom. The van der Waals surface area contributed by atoms with Gasteiger partial charge in [0.1, 0.15) is 0 Å². The number of carbonyl (C=O) groups excluding carboxylic acids is 2. The van der Waals surface area contributed by atoms with Crippen molar-refractivity contribution in [1.82, 2.24) is 10.6 Å². The molecule has 0 spiro atoms. The molecule has 3 rings (SSSR count). The van der Waals surface area contributed by atoms with Gasteiger partial charge in [-0.05, 0) is 25.1 Å². The number of ether oxygens (including phenoxy) is 1. The van der Waals surface area contributed by atoms with Gasteiger partial charge in [0.25, 0.3) is 5.69 Å². The van der Waals surface area contributed by atoms with Gasteiger partial charge in [-0.25, -0.2) is 9.59 Å². The summed E-state index contributed by atoms with van der Waals surface area (Å²) < 4.78 is 4.82. The normalized spacial score (nSPS) is 16.7. The summed E-state index contributed by atoms with van der Waals surface area (Å²) in [6, 6.07) is 8.78. The fraction of sp³-hybridized carbons (Fsp3) is 0.176. The van der Waals surface area contributed by atoms with Crippen LogP contribution in [0.3, 0.4) is 0 Å².